The Morgan fingerprint density at radius 1 is 1.22 bits per heavy atom. The van der Waals surface area contributed by atoms with E-state index in [1.54, 1.807) is 42.5 Å². The molecule has 1 amide bonds. The normalized spacial score (nSPS) is 10.7. The Morgan fingerprint density at radius 2 is 2.04 bits per heavy atom. The Bertz CT molecular complexity index is 841. The van der Waals surface area contributed by atoms with E-state index >= 15 is 0 Å². The first-order chi connectivity index (χ1) is 11.2. The summed E-state index contributed by atoms with van der Waals surface area (Å²) in [5.74, 6) is 0.241. The molecule has 0 aliphatic heterocycles. The number of hydrogen-bond acceptors (Lipinski definition) is 5. The maximum atomic E-state index is 12.3. The van der Waals surface area contributed by atoms with Crippen LogP contribution in [0.4, 0.5) is 11.4 Å². The number of nitrogens with two attached hydrogens (primary N) is 1. The minimum Gasteiger partial charge on any atom is -0.487 e. The number of hydrogen-bond donors (Lipinski definition) is 3. The number of nitrogen functional groups attached to an aromatic ring is 1. The van der Waals surface area contributed by atoms with E-state index in [-0.39, 0.29) is 19.0 Å². The monoisotopic (exact) mass is 312 g/mol. The van der Waals surface area contributed by atoms with Gasteiger partial charge in [0.2, 0.25) is 0 Å². The second-order valence-electron chi connectivity index (χ2n) is 4.90. The summed E-state index contributed by atoms with van der Waals surface area (Å²) in [4.78, 5) is 12.3. The van der Waals surface area contributed by atoms with Gasteiger partial charge in [-0.2, -0.15) is 0 Å². The van der Waals surface area contributed by atoms with Crippen molar-refractivity contribution in [3.63, 3.8) is 0 Å². The van der Waals surface area contributed by atoms with Gasteiger partial charge < -0.3 is 25.3 Å². The lowest BCUT2D eigenvalue weighted by Gasteiger charge is -2.06. The number of carbonyl (C=O) groups is 1. The Hall–Kier alpha value is -2.99. The molecule has 23 heavy (non-hydrogen) atoms. The summed E-state index contributed by atoms with van der Waals surface area (Å²) in [6, 6.07) is 14.0. The molecule has 0 fully saturated rings. The second kappa shape index (κ2) is 6.41. The Morgan fingerprint density at radius 3 is 2.83 bits per heavy atom. The van der Waals surface area contributed by atoms with Crippen molar-refractivity contribution in [2.24, 2.45) is 0 Å². The van der Waals surface area contributed by atoms with Crippen molar-refractivity contribution in [2.45, 2.75) is 0 Å². The maximum absolute atomic E-state index is 12.3. The Balaban J connectivity index is 1.88. The number of carbonyl (C=O) groups excluding carboxylic acids is 1. The second-order valence-corrected chi connectivity index (χ2v) is 4.90. The molecule has 3 aromatic rings. The third-order valence-corrected chi connectivity index (χ3v) is 3.29. The number of benzene rings is 2. The zero-order valence-electron chi connectivity index (χ0n) is 12.3. The van der Waals surface area contributed by atoms with Crippen LogP contribution in [0.15, 0.2) is 52.9 Å². The van der Waals surface area contributed by atoms with Crippen LogP contribution >= 0.6 is 0 Å². The number of amides is 1. The fraction of sp³-hybridized carbons (Fsp3) is 0.118. The lowest BCUT2D eigenvalue weighted by atomic mass is 10.2. The Kier molecular flexibility index (Phi) is 4.16. The standard InChI is InChI=1S/C17H16N2O4/c18-12-5-1-2-6-13(12)19-17(21)15-10-11-4-3-7-14(16(11)23-15)22-9-8-20/h1-7,10,20H,8-9,18H2,(H,19,21). The van der Waals surface area contributed by atoms with Gasteiger partial charge in [0.05, 0.1) is 18.0 Å². The molecule has 0 aliphatic rings. The van der Waals surface area contributed by atoms with E-state index in [2.05, 4.69) is 5.32 Å². The van der Waals surface area contributed by atoms with E-state index < -0.39 is 5.91 Å². The summed E-state index contributed by atoms with van der Waals surface area (Å²) >= 11 is 0. The topological polar surface area (TPSA) is 97.7 Å². The zero-order valence-corrected chi connectivity index (χ0v) is 12.3. The van der Waals surface area contributed by atoms with Crippen LogP contribution in [-0.2, 0) is 0 Å². The van der Waals surface area contributed by atoms with Gasteiger partial charge >= 0.3 is 0 Å². The van der Waals surface area contributed by atoms with Gasteiger partial charge in [0.25, 0.3) is 5.91 Å². The van der Waals surface area contributed by atoms with Crippen LogP contribution < -0.4 is 15.8 Å². The number of para-hydroxylation sites is 3. The number of nitrogens with one attached hydrogen (secondary N) is 1. The first kappa shape index (κ1) is 14.9. The predicted molar refractivity (Wildman–Crippen MR) is 87.6 cm³/mol. The average molecular weight is 312 g/mol. The molecule has 0 bridgehead atoms. The van der Waals surface area contributed by atoms with Crippen molar-refractivity contribution in [3.05, 3.63) is 54.3 Å². The van der Waals surface area contributed by atoms with Gasteiger partial charge in [0, 0.05) is 5.39 Å². The van der Waals surface area contributed by atoms with Gasteiger partial charge in [0.15, 0.2) is 17.1 Å². The molecule has 0 unspecified atom stereocenters. The highest BCUT2D eigenvalue weighted by molar-refractivity contribution is 6.06. The first-order valence-corrected chi connectivity index (χ1v) is 7.11. The first-order valence-electron chi connectivity index (χ1n) is 7.11. The van der Waals surface area contributed by atoms with Crippen molar-refractivity contribution < 1.29 is 19.1 Å². The number of ether oxygens (including phenoxy) is 1. The summed E-state index contributed by atoms with van der Waals surface area (Å²) in [5, 5.41) is 12.3. The third kappa shape index (κ3) is 3.12. The fourth-order valence-electron chi connectivity index (χ4n) is 2.21. The summed E-state index contributed by atoms with van der Waals surface area (Å²) in [5.41, 5.74) is 7.28. The SMILES string of the molecule is Nc1ccccc1NC(=O)c1cc2cccc(OCCO)c2o1. The lowest BCUT2D eigenvalue weighted by Crippen LogP contribution is -2.12. The van der Waals surface area contributed by atoms with Gasteiger partial charge in [-0.3, -0.25) is 4.79 Å². The number of aliphatic hydroxyl groups is 1. The summed E-state index contributed by atoms with van der Waals surface area (Å²) in [6.45, 7) is 0.0552. The van der Waals surface area contributed by atoms with Gasteiger partial charge in [-0.05, 0) is 24.3 Å². The Labute approximate surface area is 132 Å². The van der Waals surface area contributed by atoms with Crippen molar-refractivity contribution in [3.8, 4) is 5.75 Å². The van der Waals surface area contributed by atoms with E-state index in [1.165, 1.54) is 0 Å². The highest BCUT2D eigenvalue weighted by atomic mass is 16.5. The van der Waals surface area contributed by atoms with E-state index in [0.29, 0.717) is 22.7 Å². The predicted octanol–water partition coefficient (Wildman–Crippen LogP) is 2.64. The molecule has 3 rings (SSSR count). The fourth-order valence-corrected chi connectivity index (χ4v) is 2.21. The van der Waals surface area contributed by atoms with Gasteiger partial charge in [-0.1, -0.05) is 24.3 Å². The van der Waals surface area contributed by atoms with Crippen LogP contribution in [-0.4, -0.2) is 24.2 Å². The van der Waals surface area contributed by atoms with Crippen molar-refractivity contribution in [1.82, 2.24) is 0 Å². The van der Waals surface area contributed by atoms with E-state index in [4.69, 9.17) is 20.0 Å². The van der Waals surface area contributed by atoms with Crippen LogP contribution in [0.2, 0.25) is 0 Å². The smallest absolute Gasteiger partial charge is 0.291 e. The highest BCUT2D eigenvalue weighted by Crippen LogP contribution is 2.29. The van der Waals surface area contributed by atoms with E-state index in [9.17, 15) is 4.79 Å². The van der Waals surface area contributed by atoms with Crippen LogP contribution in [0, 0.1) is 0 Å². The molecule has 4 N–H and O–H groups in total. The third-order valence-electron chi connectivity index (χ3n) is 3.29. The number of rotatable bonds is 5. The number of aliphatic hydroxyl groups excluding tert-OH is 1. The number of anilines is 2. The maximum Gasteiger partial charge on any atom is 0.291 e. The zero-order chi connectivity index (χ0) is 16.2. The van der Waals surface area contributed by atoms with Gasteiger partial charge in [0.1, 0.15) is 6.61 Å². The molecule has 0 radical (unpaired) electrons. The molecule has 0 saturated carbocycles. The highest BCUT2D eigenvalue weighted by Gasteiger charge is 2.16. The van der Waals surface area contributed by atoms with E-state index in [1.807, 2.05) is 6.07 Å². The molecule has 0 saturated heterocycles. The molecule has 0 atom stereocenters. The molecule has 1 heterocycles. The van der Waals surface area contributed by atoms with E-state index in [0.717, 1.165) is 5.39 Å². The van der Waals surface area contributed by atoms with Crippen LogP contribution in [0.25, 0.3) is 11.0 Å². The molecular weight excluding hydrogens is 296 g/mol. The molecule has 6 heteroatoms. The van der Waals surface area contributed by atoms with Crippen LogP contribution in [0.1, 0.15) is 10.6 Å². The number of fused-ring (bicyclic) bond motifs is 1. The van der Waals surface area contributed by atoms with Crippen molar-refractivity contribution in [1.29, 1.82) is 0 Å². The molecule has 2 aromatic carbocycles. The summed E-state index contributed by atoms with van der Waals surface area (Å²) in [7, 11) is 0. The summed E-state index contributed by atoms with van der Waals surface area (Å²) in [6.07, 6.45) is 0. The summed E-state index contributed by atoms with van der Waals surface area (Å²) < 4.78 is 11.0. The average Bonchev–Trinajstić information content (AvgIpc) is 3.00. The number of furan rings is 1. The van der Waals surface area contributed by atoms with Crippen molar-refractivity contribution >= 4 is 28.3 Å². The molecule has 1 aromatic heterocycles. The minimum absolute atomic E-state index is 0.0995. The largest absolute Gasteiger partial charge is 0.487 e. The minimum atomic E-state index is -0.396. The molecule has 0 aliphatic carbocycles. The van der Waals surface area contributed by atoms with Crippen LogP contribution in [0.3, 0.4) is 0 Å². The lowest BCUT2D eigenvalue weighted by molar-refractivity contribution is 0.0998. The van der Waals surface area contributed by atoms with Crippen molar-refractivity contribution in [2.75, 3.05) is 24.3 Å². The quantitative estimate of drug-likeness (QED) is 0.629. The molecule has 6 nitrogen and oxygen atoms in total. The van der Waals surface area contributed by atoms with Crippen LogP contribution in [0.5, 0.6) is 5.75 Å². The van der Waals surface area contributed by atoms with Gasteiger partial charge in [-0.25, -0.2) is 0 Å². The molecule has 0 spiro atoms. The molecular formula is C17H16N2O4. The van der Waals surface area contributed by atoms with Gasteiger partial charge in [-0.15, -0.1) is 0 Å². The molecule has 118 valence electrons.